The van der Waals surface area contributed by atoms with Crippen molar-refractivity contribution in [3.63, 3.8) is 0 Å². The molecule has 1 aliphatic rings. The van der Waals surface area contributed by atoms with E-state index < -0.39 is 43.1 Å². The fourth-order valence-corrected chi connectivity index (χ4v) is 5.92. The first-order chi connectivity index (χ1) is 16.9. The number of rotatable bonds is 8. The number of hydrogen-bond donors (Lipinski definition) is 0. The number of ether oxygens (including phenoxy) is 1. The third-order valence-electron chi connectivity index (χ3n) is 5.21. The van der Waals surface area contributed by atoms with Gasteiger partial charge in [-0.25, -0.2) is 9.78 Å². The molecule has 0 saturated heterocycles. The molecule has 194 valence electrons. The molecule has 1 aromatic heterocycles. The number of hydroxylamine groups is 1. The summed E-state index contributed by atoms with van der Waals surface area (Å²) in [7, 11) is -4.59. The zero-order valence-electron chi connectivity index (χ0n) is 20.4. The quantitative estimate of drug-likeness (QED) is 0.274. The van der Waals surface area contributed by atoms with E-state index in [1.165, 1.54) is 34.4 Å². The van der Waals surface area contributed by atoms with E-state index in [0.717, 1.165) is 12.1 Å². The van der Waals surface area contributed by atoms with Crippen LogP contribution in [-0.2, 0) is 19.6 Å². The summed E-state index contributed by atoms with van der Waals surface area (Å²) in [6, 6.07) is 5.01. The lowest BCUT2D eigenvalue weighted by molar-refractivity contribution is -0.387. The molecule has 0 bridgehead atoms. The normalized spacial score (nSPS) is 16.6. The Morgan fingerprint density at radius 1 is 1.39 bits per heavy atom. The second kappa shape index (κ2) is 10.8. The third kappa shape index (κ3) is 5.91. The first-order valence-electron chi connectivity index (χ1n) is 11.0. The molecule has 0 aliphatic carbocycles. The highest BCUT2D eigenvalue weighted by molar-refractivity contribution is 7.89. The Hall–Kier alpha value is -3.29. The fraction of sp³-hybridized carbons (Fsp3) is 0.391. The summed E-state index contributed by atoms with van der Waals surface area (Å²) >= 11 is 1.36. The molecule has 11 nitrogen and oxygen atoms in total. The molecule has 0 fully saturated rings. The molecule has 0 spiro atoms. The predicted octanol–water partition coefficient (Wildman–Crippen LogP) is 4.47. The molecule has 1 unspecified atom stereocenters. The largest absolute Gasteiger partial charge is 0.444 e. The summed E-state index contributed by atoms with van der Waals surface area (Å²) in [5.41, 5.74) is -0.651. The Labute approximate surface area is 213 Å². The second-order valence-corrected chi connectivity index (χ2v) is 11.6. The van der Waals surface area contributed by atoms with E-state index in [9.17, 15) is 23.3 Å². The van der Waals surface area contributed by atoms with Crippen LogP contribution in [0.3, 0.4) is 0 Å². The summed E-state index contributed by atoms with van der Waals surface area (Å²) < 4.78 is 33.8. The van der Waals surface area contributed by atoms with Crippen molar-refractivity contribution in [1.82, 2.24) is 14.4 Å². The van der Waals surface area contributed by atoms with Crippen molar-refractivity contribution in [3.05, 3.63) is 74.9 Å². The van der Waals surface area contributed by atoms with Crippen LogP contribution in [0.2, 0.25) is 0 Å². The maximum atomic E-state index is 13.8. The summed E-state index contributed by atoms with van der Waals surface area (Å²) in [6.07, 6.45) is 2.33. The van der Waals surface area contributed by atoms with Crippen molar-refractivity contribution in [2.45, 2.75) is 44.1 Å². The molecule has 3 rings (SSSR count). The van der Waals surface area contributed by atoms with Gasteiger partial charge in [0.25, 0.3) is 15.7 Å². The predicted molar refractivity (Wildman–Crippen MR) is 134 cm³/mol. The zero-order valence-corrected chi connectivity index (χ0v) is 22.0. The molecule has 2 heterocycles. The van der Waals surface area contributed by atoms with E-state index >= 15 is 0 Å². The van der Waals surface area contributed by atoms with Gasteiger partial charge in [0.15, 0.2) is 4.90 Å². The standard InChI is InChI=1S/C23H28N4O7S2/c1-6-12-33-27(36(31,32)20-10-8-7-9-18(20)26(29)30)19-15-25(22(28)34-23(3,4)5)14-17(16(19)2)21-24-11-13-35-21/h6-11,13,17H,1,12,14-15H2,2-5H3. The number of carbonyl (C=O) groups excluding carboxylic acids is 1. The van der Waals surface area contributed by atoms with Crippen molar-refractivity contribution in [2.24, 2.45) is 0 Å². The smallest absolute Gasteiger partial charge is 0.410 e. The number of benzene rings is 1. The molecule has 1 amide bonds. The van der Waals surface area contributed by atoms with Gasteiger partial charge < -0.3 is 9.64 Å². The van der Waals surface area contributed by atoms with Gasteiger partial charge in [-0.05, 0) is 39.3 Å². The van der Waals surface area contributed by atoms with E-state index in [4.69, 9.17) is 9.57 Å². The molecule has 0 radical (unpaired) electrons. The SMILES string of the molecule is C=CCON(C1=C(C)C(c2nccs2)CN(C(=O)OC(C)(C)C)C1)S(=O)(=O)c1ccccc1[N+](=O)[O-]. The summed E-state index contributed by atoms with van der Waals surface area (Å²) in [6.45, 7) is 10.3. The van der Waals surface area contributed by atoms with Gasteiger partial charge in [0.05, 0.1) is 29.7 Å². The first-order valence-corrected chi connectivity index (χ1v) is 13.3. The average molecular weight is 537 g/mol. The lowest BCUT2D eigenvalue weighted by Crippen LogP contribution is -2.47. The van der Waals surface area contributed by atoms with E-state index in [1.807, 2.05) is 0 Å². The third-order valence-corrected chi connectivity index (χ3v) is 7.76. The molecule has 1 aromatic carbocycles. The summed E-state index contributed by atoms with van der Waals surface area (Å²) in [4.78, 5) is 34.7. The van der Waals surface area contributed by atoms with E-state index in [2.05, 4.69) is 11.6 Å². The number of sulfonamides is 1. The van der Waals surface area contributed by atoms with Crippen LogP contribution in [-0.4, -0.2) is 59.1 Å². The number of para-hydroxylation sites is 1. The Kier molecular flexibility index (Phi) is 8.16. The maximum absolute atomic E-state index is 13.8. The lowest BCUT2D eigenvalue weighted by Gasteiger charge is -2.38. The number of nitrogens with zero attached hydrogens (tertiary/aromatic N) is 4. The summed E-state index contributed by atoms with van der Waals surface area (Å²) in [5, 5.41) is 14.1. The van der Waals surface area contributed by atoms with Gasteiger partial charge in [0, 0.05) is 24.2 Å². The molecular weight excluding hydrogens is 508 g/mol. The van der Waals surface area contributed by atoms with Crippen LogP contribution in [0.5, 0.6) is 0 Å². The van der Waals surface area contributed by atoms with Crippen LogP contribution in [0.4, 0.5) is 10.5 Å². The van der Waals surface area contributed by atoms with Crippen LogP contribution >= 0.6 is 11.3 Å². The van der Waals surface area contributed by atoms with Gasteiger partial charge in [-0.2, -0.15) is 8.42 Å². The minimum atomic E-state index is -4.59. The van der Waals surface area contributed by atoms with Gasteiger partial charge in [0.2, 0.25) is 0 Å². The number of nitro groups is 1. The highest BCUT2D eigenvalue weighted by Gasteiger charge is 2.41. The fourth-order valence-electron chi connectivity index (χ4n) is 3.59. The Morgan fingerprint density at radius 2 is 2.08 bits per heavy atom. The van der Waals surface area contributed by atoms with Crippen molar-refractivity contribution >= 4 is 33.1 Å². The van der Waals surface area contributed by atoms with Gasteiger partial charge in [0.1, 0.15) is 10.6 Å². The van der Waals surface area contributed by atoms with Crippen LogP contribution in [0.1, 0.15) is 38.6 Å². The zero-order chi connectivity index (χ0) is 26.7. The number of hydrogen-bond acceptors (Lipinski definition) is 9. The summed E-state index contributed by atoms with van der Waals surface area (Å²) in [5.74, 6) is -0.447. The van der Waals surface area contributed by atoms with Gasteiger partial charge in [-0.15, -0.1) is 22.4 Å². The van der Waals surface area contributed by atoms with Crippen molar-refractivity contribution < 1.29 is 27.7 Å². The maximum Gasteiger partial charge on any atom is 0.410 e. The van der Waals surface area contributed by atoms with Crippen molar-refractivity contribution in [3.8, 4) is 0 Å². The lowest BCUT2D eigenvalue weighted by atomic mass is 9.95. The molecule has 36 heavy (non-hydrogen) atoms. The van der Waals surface area contributed by atoms with E-state index in [0.29, 0.717) is 15.0 Å². The minimum absolute atomic E-state index is 0.132. The van der Waals surface area contributed by atoms with Crippen LogP contribution in [0.25, 0.3) is 0 Å². The van der Waals surface area contributed by atoms with Crippen LogP contribution in [0.15, 0.2) is 64.7 Å². The number of thiazole rings is 1. The minimum Gasteiger partial charge on any atom is -0.444 e. The van der Waals surface area contributed by atoms with Gasteiger partial charge >= 0.3 is 6.09 Å². The molecule has 0 saturated carbocycles. The van der Waals surface area contributed by atoms with Crippen molar-refractivity contribution in [2.75, 3.05) is 19.7 Å². The first kappa shape index (κ1) is 27.3. The van der Waals surface area contributed by atoms with Crippen LogP contribution < -0.4 is 0 Å². The molecule has 1 atom stereocenters. The number of aromatic nitrogens is 1. The van der Waals surface area contributed by atoms with Crippen molar-refractivity contribution in [1.29, 1.82) is 0 Å². The molecule has 2 aromatic rings. The monoisotopic (exact) mass is 536 g/mol. The molecular formula is C23H28N4O7S2. The number of carbonyl (C=O) groups is 1. The Bertz CT molecular complexity index is 1270. The average Bonchev–Trinajstić information content (AvgIpc) is 3.33. The molecule has 13 heteroatoms. The number of nitro benzene ring substituents is 1. The second-order valence-electron chi connectivity index (χ2n) is 8.95. The van der Waals surface area contributed by atoms with E-state index in [1.54, 1.807) is 39.3 Å². The topological polar surface area (TPSA) is 132 Å². The van der Waals surface area contributed by atoms with Gasteiger partial charge in [-0.3, -0.25) is 15.0 Å². The van der Waals surface area contributed by atoms with Crippen LogP contribution in [0, 0.1) is 10.1 Å². The Balaban J connectivity index is 2.16. The molecule has 1 aliphatic heterocycles. The van der Waals surface area contributed by atoms with E-state index in [-0.39, 0.29) is 25.4 Å². The highest BCUT2D eigenvalue weighted by atomic mass is 32.2. The molecule has 0 N–H and O–H groups in total. The highest BCUT2D eigenvalue weighted by Crippen LogP contribution is 2.38. The Morgan fingerprint density at radius 3 is 2.67 bits per heavy atom. The number of amides is 1. The van der Waals surface area contributed by atoms with Gasteiger partial charge in [-0.1, -0.05) is 18.2 Å².